The van der Waals surface area contributed by atoms with Crippen LogP contribution in [0, 0.1) is 17.3 Å². The average Bonchev–Trinajstić information content (AvgIpc) is 3.22. The Hall–Kier alpha value is -1.60. The Bertz CT molecular complexity index is 577. The first-order valence-corrected chi connectivity index (χ1v) is 8.82. The molecular formula is C22H28O. The molecule has 0 aromatic heterocycles. The molecule has 1 heteroatoms. The first-order valence-electron chi connectivity index (χ1n) is 8.82. The quantitative estimate of drug-likeness (QED) is 0.772. The third-order valence-electron chi connectivity index (χ3n) is 5.66. The second kappa shape index (κ2) is 6.49. The number of aliphatic hydroxyl groups is 1. The maximum Gasteiger partial charge on any atom is 0.0610 e. The van der Waals surface area contributed by atoms with E-state index in [-0.39, 0.29) is 17.9 Å². The molecule has 1 nitrogen and oxygen atoms in total. The van der Waals surface area contributed by atoms with Gasteiger partial charge >= 0.3 is 0 Å². The van der Waals surface area contributed by atoms with Crippen molar-refractivity contribution in [2.24, 2.45) is 17.3 Å². The molecule has 1 N–H and O–H groups in total. The van der Waals surface area contributed by atoms with Crippen LogP contribution in [0.25, 0.3) is 0 Å². The normalized spacial score (nSPS) is 21.9. The Balaban J connectivity index is 1.97. The van der Waals surface area contributed by atoms with Crippen LogP contribution in [0.5, 0.6) is 0 Å². The van der Waals surface area contributed by atoms with Crippen LogP contribution < -0.4 is 0 Å². The first-order chi connectivity index (χ1) is 11.0. The molecule has 1 saturated carbocycles. The van der Waals surface area contributed by atoms with E-state index in [1.54, 1.807) is 0 Å². The summed E-state index contributed by atoms with van der Waals surface area (Å²) in [7, 11) is 0. The van der Waals surface area contributed by atoms with Crippen molar-refractivity contribution in [3.8, 4) is 0 Å². The summed E-state index contributed by atoms with van der Waals surface area (Å²) in [5.74, 6) is 0.947. The van der Waals surface area contributed by atoms with Gasteiger partial charge in [-0.2, -0.15) is 0 Å². The lowest BCUT2D eigenvalue weighted by Gasteiger charge is -2.32. The molecule has 2 aromatic rings. The van der Waals surface area contributed by atoms with E-state index in [0.717, 1.165) is 12.8 Å². The minimum absolute atomic E-state index is 0.236. The minimum atomic E-state index is -0.236. The van der Waals surface area contributed by atoms with Gasteiger partial charge in [0.15, 0.2) is 0 Å². The van der Waals surface area contributed by atoms with Crippen LogP contribution in [0.3, 0.4) is 0 Å². The van der Waals surface area contributed by atoms with Crippen molar-refractivity contribution in [1.82, 2.24) is 0 Å². The smallest absolute Gasteiger partial charge is 0.0610 e. The average molecular weight is 308 g/mol. The molecule has 0 bridgehead atoms. The molecule has 1 aliphatic carbocycles. The van der Waals surface area contributed by atoms with E-state index in [4.69, 9.17) is 0 Å². The number of aliphatic hydroxyl groups excluding tert-OH is 1. The van der Waals surface area contributed by atoms with Crippen LogP contribution in [0.15, 0.2) is 60.7 Å². The molecule has 1 aliphatic rings. The van der Waals surface area contributed by atoms with Crippen LogP contribution >= 0.6 is 0 Å². The van der Waals surface area contributed by atoms with Gasteiger partial charge < -0.3 is 5.11 Å². The molecule has 0 radical (unpaired) electrons. The Morgan fingerprint density at radius 3 is 1.74 bits per heavy atom. The summed E-state index contributed by atoms with van der Waals surface area (Å²) in [6, 6.07) is 21.3. The lowest BCUT2D eigenvalue weighted by molar-refractivity contribution is 0.0645. The molecule has 3 atom stereocenters. The highest BCUT2D eigenvalue weighted by atomic mass is 16.3. The molecule has 3 rings (SSSR count). The van der Waals surface area contributed by atoms with Gasteiger partial charge in [-0.1, -0.05) is 81.4 Å². The van der Waals surface area contributed by atoms with Gasteiger partial charge in [-0.05, 0) is 41.2 Å². The molecular weight excluding hydrogens is 280 g/mol. The minimum Gasteiger partial charge on any atom is -0.392 e. The molecule has 0 amide bonds. The summed E-state index contributed by atoms with van der Waals surface area (Å²) in [5, 5.41) is 11.1. The third kappa shape index (κ3) is 3.35. The summed E-state index contributed by atoms with van der Waals surface area (Å²) < 4.78 is 0. The molecule has 0 spiro atoms. The van der Waals surface area contributed by atoms with Crippen LogP contribution in [0.1, 0.15) is 50.7 Å². The van der Waals surface area contributed by atoms with Crippen LogP contribution in [-0.4, -0.2) is 11.2 Å². The second-order valence-corrected chi connectivity index (χ2v) is 7.66. The molecule has 1 fully saturated rings. The van der Waals surface area contributed by atoms with Crippen LogP contribution in [0.4, 0.5) is 0 Å². The van der Waals surface area contributed by atoms with E-state index >= 15 is 0 Å². The van der Waals surface area contributed by atoms with Crippen molar-refractivity contribution in [2.45, 2.75) is 45.6 Å². The zero-order valence-corrected chi connectivity index (χ0v) is 14.4. The summed E-state index contributed by atoms with van der Waals surface area (Å²) in [5.41, 5.74) is 2.91. The molecule has 0 aliphatic heterocycles. The van der Waals surface area contributed by atoms with Gasteiger partial charge in [0, 0.05) is 5.92 Å². The van der Waals surface area contributed by atoms with Crippen molar-refractivity contribution in [1.29, 1.82) is 0 Å². The van der Waals surface area contributed by atoms with Crippen molar-refractivity contribution in [3.05, 3.63) is 71.8 Å². The maximum absolute atomic E-state index is 11.1. The molecule has 122 valence electrons. The number of benzene rings is 2. The summed E-state index contributed by atoms with van der Waals surface area (Å²) in [4.78, 5) is 0. The Labute approximate surface area is 140 Å². The van der Waals surface area contributed by atoms with Crippen LogP contribution in [-0.2, 0) is 0 Å². The molecule has 0 heterocycles. The number of hydrogen-bond acceptors (Lipinski definition) is 1. The molecule has 3 unspecified atom stereocenters. The van der Waals surface area contributed by atoms with Gasteiger partial charge in [-0.15, -0.1) is 0 Å². The lowest BCUT2D eigenvalue weighted by Crippen LogP contribution is -2.30. The highest BCUT2D eigenvalue weighted by molar-refractivity contribution is 5.34. The molecule has 23 heavy (non-hydrogen) atoms. The van der Waals surface area contributed by atoms with Gasteiger partial charge in [-0.3, -0.25) is 0 Å². The highest BCUT2D eigenvalue weighted by Gasteiger charge is 2.52. The first kappa shape index (κ1) is 16.3. The Kier molecular flexibility index (Phi) is 4.59. The van der Waals surface area contributed by atoms with E-state index in [1.165, 1.54) is 11.1 Å². The number of rotatable bonds is 6. The van der Waals surface area contributed by atoms with Crippen molar-refractivity contribution >= 4 is 0 Å². The van der Waals surface area contributed by atoms with E-state index in [1.807, 2.05) is 0 Å². The standard InChI is InChI=1S/C22H28O/c1-4-18(21(23)19-15-22(19,2)3)20(16-11-7-5-8-12-16)17-13-9-6-10-14-17/h5-14,18-21,23H,4,15H2,1-3H3. The Morgan fingerprint density at radius 1 is 0.957 bits per heavy atom. The van der Waals surface area contributed by atoms with Gasteiger partial charge in [-0.25, -0.2) is 0 Å². The second-order valence-electron chi connectivity index (χ2n) is 7.66. The lowest BCUT2D eigenvalue weighted by atomic mass is 9.75. The monoisotopic (exact) mass is 308 g/mol. The zero-order chi connectivity index (χ0) is 16.4. The van der Waals surface area contributed by atoms with Crippen molar-refractivity contribution in [3.63, 3.8) is 0 Å². The predicted octanol–water partition coefficient (Wildman–Crippen LogP) is 5.25. The van der Waals surface area contributed by atoms with E-state index in [2.05, 4.69) is 81.4 Å². The summed E-state index contributed by atoms with van der Waals surface area (Å²) in [6.07, 6.45) is 1.89. The third-order valence-corrected chi connectivity index (χ3v) is 5.66. The van der Waals surface area contributed by atoms with Gasteiger partial charge in [0.2, 0.25) is 0 Å². The van der Waals surface area contributed by atoms with Crippen molar-refractivity contribution in [2.75, 3.05) is 0 Å². The maximum atomic E-state index is 11.1. The number of hydrogen-bond donors (Lipinski definition) is 1. The van der Waals surface area contributed by atoms with E-state index < -0.39 is 0 Å². The van der Waals surface area contributed by atoms with Gasteiger partial charge in [0.1, 0.15) is 0 Å². The van der Waals surface area contributed by atoms with Gasteiger partial charge in [0.05, 0.1) is 6.10 Å². The highest BCUT2D eigenvalue weighted by Crippen LogP contribution is 2.56. The fourth-order valence-corrected chi connectivity index (χ4v) is 4.07. The fourth-order valence-electron chi connectivity index (χ4n) is 4.07. The summed E-state index contributed by atoms with van der Waals surface area (Å²) >= 11 is 0. The largest absolute Gasteiger partial charge is 0.392 e. The van der Waals surface area contributed by atoms with Crippen molar-refractivity contribution < 1.29 is 5.11 Å². The van der Waals surface area contributed by atoms with E-state index in [0.29, 0.717) is 11.3 Å². The topological polar surface area (TPSA) is 20.2 Å². The molecule has 0 saturated heterocycles. The summed E-state index contributed by atoms with van der Waals surface area (Å²) in [6.45, 7) is 6.75. The van der Waals surface area contributed by atoms with Crippen LogP contribution in [0.2, 0.25) is 0 Å². The van der Waals surface area contributed by atoms with Gasteiger partial charge in [0.25, 0.3) is 0 Å². The van der Waals surface area contributed by atoms with E-state index in [9.17, 15) is 5.11 Å². The fraction of sp³-hybridized carbons (Fsp3) is 0.455. The Morgan fingerprint density at radius 2 is 1.39 bits per heavy atom. The zero-order valence-electron chi connectivity index (χ0n) is 14.4. The predicted molar refractivity (Wildman–Crippen MR) is 96.4 cm³/mol. The molecule has 2 aromatic carbocycles. The SMILES string of the molecule is CCC(C(c1ccccc1)c1ccccc1)C(O)C1CC1(C)C.